The van der Waals surface area contributed by atoms with Gasteiger partial charge < -0.3 is 9.64 Å². The minimum absolute atomic E-state index is 0.0850. The highest BCUT2D eigenvalue weighted by molar-refractivity contribution is 5.76. The van der Waals surface area contributed by atoms with Crippen LogP contribution in [0.5, 0.6) is 0 Å². The van der Waals surface area contributed by atoms with Gasteiger partial charge in [-0.3, -0.25) is 4.79 Å². The molecule has 0 spiro atoms. The Kier molecular flexibility index (Phi) is 6.31. The summed E-state index contributed by atoms with van der Waals surface area (Å²) < 4.78 is 5.88. The number of hydrogen-bond acceptors (Lipinski definition) is 2. The fraction of sp³-hybridized carbons (Fsp3) is 0.938. The summed E-state index contributed by atoms with van der Waals surface area (Å²) in [6.45, 7) is 13.4. The summed E-state index contributed by atoms with van der Waals surface area (Å²) in [4.78, 5) is 14.1. The van der Waals surface area contributed by atoms with Gasteiger partial charge in [0.05, 0.1) is 6.10 Å². The lowest BCUT2D eigenvalue weighted by Gasteiger charge is -2.33. The van der Waals surface area contributed by atoms with Crippen molar-refractivity contribution in [1.29, 1.82) is 0 Å². The lowest BCUT2D eigenvalue weighted by Crippen LogP contribution is -2.42. The topological polar surface area (TPSA) is 29.5 Å². The van der Waals surface area contributed by atoms with Gasteiger partial charge >= 0.3 is 0 Å². The highest BCUT2D eigenvalue weighted by Gasteiger charge is 2.25. The van der Waals surface area contributed by atoms with Crippen LogP contribution in [0.3, 0.4) is 0 Å². The minimum atomic E-state index is 0.0850. The summed E-state index contributed by atoms with van der Waals surface area (Å²) in [6, 6.07) is 0. The number of ether oxygens (including phenoxy) is 1. The van der Waals surface area contributed by atoms with Crippen LogP contribution in [0.1, 0.15) is 60.3 Å². The molecule has 0 aromatic rings. The van der Waals surface area contributed by atoms with Crippen molar-refractivity contribution in [3.05, 3.63) is 0 Å². The fourth-order valence-corrected chi connectivity index (χ4v) is 2.31. The van der Waals surface area contributed by atoms with E-state index in [1.807, 2.05) is 4.90 Å². The predicted molar refractivity (Wildman–Crippen MR) is 79.1 cm³/mol. The van der Waals surface area contributed by atoms with E-state index < -0.39 is 0 Å². The molecule has 3 heteroatoms. The zero-order valence-corrected chi connectivity index (χ0v) is 13.4. The fourth-order valence-electron chi connectivity index (χ4n) is 2.31. The van der Waals surface area contributed by atoms with E-state index in [9.17, 15) is 4.79 Å². The summed E-state index contributed by atoms with van der Waals surface area (Å²) >= 11 is 0. The first-order valence-corrected chi connectivity index (χ1v) is 7.67. The number of rotatable bonds is 5. The third-order valence-corrected chi connectivity index (χ3v) is 3.53. The first kappa shape index (κ1) is 16.5. The SMILES string of the molecule is CC(C)CCOC1CCN(C(=O)CC(C)(C)C)CC1. The highest BCUT2D eigenvalue weighted by atomic mass is 16.5. The smallest absolute Gasteiger partial charge is 0.223 e. The van der Waals surface area contributed by atoms with Crippen LogP contribution in [-0.4, -0.2) is 36.6 Å². The maximum atomic E-state index is 12.1. The number of amides is 1. The molecule has 1 aliphatic heterocycles. The second-order valence-electron chi connectivity index (χ2n) is 7.37. The van der Waals surface area contributed by atoms with E-state index in [0.29, 0.717) is 24.3 Å². The molecule has 0 aromatic heterocycles. The van der Waals surface area contributed by atoms with E-state index in [1.54, 1.807) is 0 Å². The average molecular weight is 269 g/mol. The van der Waals surface area contributed by atoms with Crippen LogP contribution in [0.2, 0.25) is 0 Å². The Labute approximate surface area is 118 Å². The predicted octanol–water partition coefficient (Wildman–Crippen LogP) is 3.48. The first-order valence-electron chi connectivity index (χ1n) is 7.67. The van der Waals surface area contributed by atoms with Gasteiger partial charge in [-0.1, -0.05) is 34.6 Å². The summed E-state index contributed by atoms with van der Waals surface area (Å²) in [7, 11) is 0. The van der Waals surface area contributed by atoms with E-state index in [4.69, 9.17) is 4.74 Å². The number of carbonyl (C=O) groups is 1. The number of hydrogen-bond donors (Lipinski definition) is 0. The van der Waals surface area contributed by atoms with Crippen LogP contribution < -0.4 is 0 Å². The van der Waals surface area contributed by atoms with Crippen molar-refractivity contribution in [2.24, 2.45) is 11.3 Å². The summed E-state index contributed by atoms with van der Waals surface area (Å²) in [5, 5.41) is 0. The molecule has 0 aliphatic carbocycles. The molecular weight excluding hydrogens is 238 g/mol. The molecule has 112 valence electrons. The van der Waals surface area contributed by atoms with Gasteiger partial charge in [-0.2, -0.15) is 0 Å². The molecule has 3 nitrogen and oxygen atoms in total. The highest BCUT2D eigenvalue weighted by Crippen LogP contribution is 2.22. The molecule has 0 unspecified atom stereocenters. The molecule has 0 saturated carbocycles. The van der Waals surface area contributed by atoms with Gasteiger partial charge in [-0.15, -0.1) is 0 Å². The van der Waals surface area contributed by atoms with E-state index in [0.717, 1.165) is 39.0 Å². The first-order chi connectivity index (χ1) is 8.78. The normalized spacial score (nSPS) is 18.1. The molecule has 0 bridgehead atoms. The summed E-state index contributed by atoms with van der Waals surface area (Å²) in [6.07, 6.45) is 4.12. The van der Waals surface area contributed by atoms with Crippen LogP contribution in [-0.2, 0) is 9.53 Å². The summed E-state index contributed by atoms with van der Waals surface area (Å²) in [5.41, 5.74) is 0.0850. The molecule has 1 fully saturated rings. The second kappa shape index (κ2) is 7.28. The van der Waals surface area contributed by atoms with Crippen molar-refractivity contribution in [2.45, 2.75) is 66.4 Å². The molecule has 19 heavy (non-hydrogen) atoms. The van der Waals surface area contributed by atoms with Crippen molar-refractivity contribution in [3.8, 4) is 0 Å². The van der Waals surface area contributed by atoms with Crippen molar-refractivity contribution in [3.63, 3.8) is 0 Å². The third-order valence-electron chi connectivity index (χ3n) is 3.53. The Morgan fingerprint density at radius 2 is 1.84 bits per heavy atom. The Morgan fingerprint density at radius 3 is 2.32 bits per heavy atom. The maximum Gasteiger partial charge on any atom is 0.223 e. The van der Waals surface area contributed by atoms with Gasteiger partial charge in [-0.25, -0.2) is 0 Å². The van der Waals surface area contributed by atoms with Crippen molar-refractivity contribution in [2.75, 3.05) is 19.7 Å². The van der Waals surface area contributed by atoms with E-state index in [2.05, 4.69) is 34.6 Å². The van der Waals surface area contributed by atoms with Gasteiger partial charge in [0, 0.05) is 26.1 Å². The second-order valence-corrected chi connectivity index (χ2v) is 7.37. The lowest BCUT2D eigenvalue weighted by molar-refractivity contribution is -0.135. The molecule has 0 aromatic carbocycles. The Hall–Kier alpha value is -0.570. The Morgan fingerprint density at radius 1 is 1.26 bits per heavy atom. The molecule has 0 N–H and O–H groups in total. The Balaban J connectivity index is 2.23. The van der Waals surface area contributed by atoms with Crippen LogP contribution in [0.4, 0.5) is 0 Å². The standard InChI is InChI=1S/C16H31NO2/c1-13(2)8-11-19-14-6-9-17(10-7-14)15(18)12-16(3,4)5/h13-14H,6-12H2,1-5H3. The van der Waals surface area contributed by atoms with Crippen LogP contribution >= 0.6 is 0 Å². The lowest BCUT2D eigenvalue weighted by atomic mass is 9.91. The molecule has 0 atom stereocenters. The number of likely N-dealkylation sites (tertiary alicyclic amines) is 1. The maximum absolute atomic E-state index is 12.1. The van der Waals surface area contributed by atoms with Crippen molar-refractivity contribution >= 4 is 5.91 Å². The van der Waals surface area contributed by atoms with E-state index in [-0.39, 0.29) is 5.41 Å². The van der Waals surface area contributed by atoms with Crippen LogP contribution in [0, 0.1) is 11.3 Å². The molecule has 1 saturated heterocycles. The van der Waals surface area contributed by atoms with Gasteiger partial charge in [0.2, 0.25) is 5.91 Å². The molecular formula is C16H31NO2. The molecule has 1 aliphatic rings. The Bertz CT molecular complexity index is 273. The quantitative estimate of drug-likeness (QED) is 0.765. The van der Waals surface area contributed by atoms with Crippen molar-refractivity contribution < 1.29 is 9.53 Å². The zero-order chi connectivity index (χ0) is 14.5. The van der Waals surface area contributed by atoms with E-state index >= 15 is 0 Å². The zero-order valence-electron chi connectivity index (χ0n) is 13.4. The molecule has 0 radical (unpaired) electrons. The third kappa shape index (κ3) is 6.95. The molecule has 1 heterocycles. The largest absolute Gasteiger partial charge is 0.378 e. The van der Waals surface area contributed by atoms with Crippen LogP contribution in [0.15, 0.2) is 0 Å². The molecule has 1 rings (SSSR count). The number of piperidine rings is 1. The number of nitrogens with zero attached hydrogens (tertiary/aromatic N) is 1. The average Bonchev–Trinajstić information content (AvgIpc) is 2.27. The van der Waals surface area contributed by atoms with Gasteiger partial charge in [-0.05, 0) is 30.6 Å². The van der Waals surface area contributed by atoms with Gasteiger partial charge in [0.25, 0.3) is 0 Å². The monoisotopic (exact) mass is 269 g/mol. The summed E-state index contributed by atoms with van der Waals surface area (Å²) in [5.74, 6) is 1.00. The number of carbonyl (C=O) groups excluding carboxylic acids is 1. The van der Waals surface area contributed by atoms with Gasteiger partial charge in [0.15, 0.2) is 0 Å². The van der Waals surface area contributed by atoms with E-state index in [1.165, 1.54) is 0 Å². The minimum Gasteiger partial charge on any atom is -0.378 e. The van der Waals surface area contributed by atoms with Crippen LogP contribution in [0.25, 0.3) is 0 Å². The van der Waals surface area contributed by atoms with Gasteiger partial charge in [0.1, 0.15) is 0 Å². The molecule has 1 amide bonds. The van der Waals surface area contributed by atoms with Crippen molar-refractivity contribution in [1.82, 2.24) is 4.90 Å².